The fourth-order valence-corrected chi connectivity index (χ4v) is 1.69. The summed E-state index contributed by atoms with van der Waals surface area (Å²) in [6.07, 6.45) is 1.11. The molecule has 0 radical (unpaired) electrons. The van der Waals surface area contributed by atoms with Gasteiger partial charge in [0.15, 0.2) is 0 Å². The molecule has 0 saturated heterocycles. The SMILES string of the molecule is [C-]#[N+]C(C)c1cc(C(C)CC)ccc1OC. The molecule has 0 bridgehead atoms. The summed E-state index contributed by atoms with van der Waals surface area (Å²) in [6.45, 7) is 13.4. The summed E-state index contributed by atoms with van der Waals surface area (Å²) in [5, 5.41) is 0. The summed E-state index contributed by atoms with van der Waals surface area (Å²) >= 11 is 0. The van der Waals surface area contributed by atoms with Crippen molar-refractivity contribution in [3.8, 4) is 5.75 Å². The predicted octanol–water partition coefficient (Wildman–Crippen LogP) is 4.19. The molecule has 1 aromatic rings. The first-order chi connectivity index (χ1) is 7.63. The maximum atomic E-state index is 7.11. The Balaban J connectivity index is 3.17. The molecule has 16 heavy (non-hydrogen) atoms. The molecule has 0 heterocycles. The summed E-state index contributed by atoms with van der Waals surface area (Å²) in [5.41, 5.74) is 2.28. The van der Waals surface area contributed by atoms with Gasteiger partial charge in [-0.05, 0) is 30.0 Å². The van der Waals surface area contributed by atoms with Gasteiger partial charge in [0.1, 0.15) is 5.75 Å². The van der Waals surface area contributed by atoms with Crippen LogP contribution in [-0.2, 0) is 0 Å². The molecule has 0 N–H and O–H groups in total. The first-order valence-corrected chi connectivity index (χ1v) is 5.68. The number of nitrogens with zero attached hydrogens (tertiary/aromatic N) is 1. The Morgan fingerprint density at radius 2 is 2.06 bits per heavy atom. The maximum Gasteiger partial charge on any atom is 0.249 e. The molecule has 0 aliphatic heterocycles. The summed E-state index contributed by atoms with van der Waals surface area (Å²) in [4.78, 5) is 3.56. The second kappa shape index (κ2) is 5.55. The molecule has 2 unspecified atom stereocenters. The Morgan fingerprint density at radius 1 is 1.38 bits per heavy atom. The van der Waals surface area contributed by atoms with Gasteiger partial charge < -0.3 is 9.58 Å². The van der Waals surface area contributed by atoms with Gasteiger partial charge >= 0.3 is 0 Å². The van der Waals surface area contributed by atoms with Crippen molar-refractivity contribution in [2.45, 2.75) is 39.2 Å². The lowest BCUT2D eigenvalue weighted by molar-refractivity contribution is 0.408. The number of methoxy groups -OCH3 is 1. The zero-order valence-electron chi connectivity index (χ0n) is 10.4. The molecule has 0 aromatic heterocycles. The van der Waals surface area contributed by atoms with Gasteiger partial charge in [0.05, 0.1) is 12.7 Å². The number of rotatable bonds is 4. The van der Waals surface area contributed by atoms with Crippen LogP contribution in [0.1, 0.15) is 50.3 Å². The van der Waals surface area contributed by atoms with Gasteiger partial charge in [-0.3, -0.25) is 0 Å². The maximum absolute atomic E-state index is 7.11. The zero-order chi connectivity index (χ0) is 12.1. The van der Waals surface area contributed by atoms with E-state index in [1.165, 1.54) is 5.56 Å². The van der Waals surface area contributed by atoms with E-state index in [2.05, 4.69) is 30.8 Å². The highest BCUT2D eigenvalue weighted by Gasteiger charge is 2.16. The van der Waals surface area contributed by atoms with Crippen LogP contribution < -0.4 is 4.74 Å². The minimum Gasteiger partial charge on any atom is -0.496 e. The molecule has 0 aliphatic rings. The average molecular weight is 217 g/mol. The number of benzene rings is 1. The second-order valence-electron chi connectivity index (χ2n) is 4.12. The van der Waals surface area contributed by atoms with Crippen molar-refractivity contribution in [2.24, 2.45) is 0 Å². The van der Waals surface area contributed by atoms with Gasteiger partial charge in [0, 0.05) is 6.92 Å². The molecule has 2 heteroatoms. The summed E-state index contributed by atoms with van der Waals surface area (Å²) in [6, 6.07) is 6.03. The lowest BCUT2D eigenvalue weighted by atomic mass is 9.94. The largest absolute Gasteiger partial charge is 0.496 e. The van der Waals surface area contributed by atoms with Gasteiger partial charge in [-0.1, -0.05) is 19.9 Å². The van der Waals surface area contributed by atoms with Crippen LogP contribution in [0.4, 0.5) is 0 Å². The van der Waals surface area contributed by atoms with Gasteiger partial charge in [0.2, 0.25) is 6.04 Å². The Hall–Kier alpha value is -1.49. The molecule has 1 rings (SSSR count). The van der Waals surface area contributed by atoms with Crippen LogP contribution in [-0.4, -0.2) is 7.11 Å². The minimum atomic E-state index is -0.140. The zero-order valence-corrected chi connectivity index (χ0v) is 10.4. The highest BCUT2D eigenvalue weighted by atomic mass is 16.5. The van der Waals surface area contributed by atoms with E-state index in [9.17, 15) is 0 Å². The quantitative estimate of drug-likeness (QED) is 0.689. The molecule has 0 fully saturated rings. The monoisotopic (exact) mass is 217 g/mol. The fourth-order valence-electron chi connectivity index (χ4n) is 1.69. The molecule has 1 aromatic carbocycles. The molecule has 2 atom stereocenters. The lowest BCUT2D eigenvalue weighted by Crippen LogP contribution is -1.98. The van der Waals surface area contributed by atoms with Crippen LogP contribution >= 0.6 is 0 Å². The third-order valence-electron chi connectivity index (χ3n) is 3.08. The molecule has 0 spiro atoms. The van der Waals surface area contributed by atoms with Crippen LogP contribution in [0.25, 0.3) is 4.85 Å². The summed E-state index contributed by atoms with van der Waals surface area (Å²) in [5.74, 6) is 1.35. The van der Waals surface area contributed by atoms with Crippen LogP contribution in [0.5, 0.6) is 5.75 Å². The summed E-state index contributed by atoms with van der Waals surface area (Å²) < 4.78 is 5.29. The Morgan fingerprint density at radius 3 is 2.56 bits per heavy atom. The average Bonchev–Trinajstić information content (AvgIpc) is 2.35. The first-order valence-electron chi connectivity index (χ1n) is 5.68. The van der Waals surface area contributed by atoms with E-state index in [0.29, 0.717) is 5.92 Å². The van der Waals surface area contributed by atoms with Gasteiger partial charge in [-0.15, -0.1) is 0 Å². The Labute approximate surface area is 98.1 Å². The van der Waals surface area contributed by atoms with Crippen molar-refractivity contribution < 1.29 is 4.74 Å². The molecule has 0 saturated carbocycles. The minimum absolute atomic E-state index is 0.140. The Kier molecular flexibility index (Phi) is 4.37. The standard InChI is InChI=1S/C14H19NO/c1-6-10(2)12-7-8-14(16-5)13(9-12)11(3)15-4/h7-11H,6H2,1-3,5H3. The van der Waals surface area contributed by atoms with Crippen molar-refractivity contribution >= 4 is 0 Å². The number of ether oxygens (including phenoxy) is 1. The van der Waals surface area contributed by atoms with Crippen molar-refractivity contribution in [1.82, 2.24) is 0 Å². The second-order valence-corrected chi connectivity index (χ2v) is 4.12. The lowest BCUT2D eigenvalue weighted by Gasteiger charge is -2.13. The first kappa shape index (κ1) is 12.6. The van der Waals surface area contributed by atoms with E-state index in [1.807, 2.05) is 13.0 Å². The van der Waals surface area contributed by atoms with Gasteiger partial charge in [0.25, 0.3) is 0 Å². The Bertz CT molecular complexity index is 392. The van der Waals surface area contributed by atoms with Crippen molar-refractivity contribution in [1.29, 1.82) is 0 Å². The van der Waals surface area contributed by atoms with E-state index in [-0.39, 0.29) is 6.04 Å². The van der Waals surface area contributed by atoms with E-state index in [4.69, 9.17) is 11.3 Å². The van der Waals surface area contributed by atoms with Gasteiger partial charge in [-0.2, -0.15) is 0 Å². The molecule has 2 nitrogen and oxygen atoms in total. The third-order valence-corrected chi connectivity index (χ3v) is 3.08. The smallest absolute Gasteiger partial charge is 0.249 e. The van der Waals surface area contributed by atoms with Crippen LogP contribution in [0.2, 0.25) is 0 Å². The van der Waals surface area contributed by atoms with Crippen LogP contribution in [0, 0.1) is 6.57 Å². The van der Waals surface area contributed by atoms with E-state index in [0.717, 1.165) is 17.7 Å². The molecule has 86 valence electrons. The van der Waals surface area contributed by atoms with Crippen molar-refractivity contribution in [3.63, 3.8) is 0 Å². The predicted molar refractivity (Wildman–Crippen MR) is 66.7 cm³/mol. The molecular weight excluding hydrogens is 198 g/mol. The highest BCUT2D eigenvalue weighted by molar-refractivity contribution is 5.41. The van der Waals surface area contributed by atoms with E-state index < -0.39 is 0 Å². The normalized spacial score (nSPS) is 13.9. The molecule has 0 amide bonds. The van der Waals surface area contributed by atoms with Crippen LogP contribution in [0.15, 0.2) is 18.2 Å². The van der Waals surface area contributed by atoms with E-state index in [1.54, 1.807) is 7.11 Å². The van der Waals surface area contributed by atoms with Crippen molar-refractivity contribution in [2.75, 3.05) is 7.11 Å². The molecular formula is C14H19NO. The fraction of sp³-hybridized carbons (Fsp3) is 0.500. The van der Waals surface area contributed by atoms with E-state index >= 15 is 0 Å². The number of hydrogen-bond donors (Lipinski definition) is 0. The summed E-state index contributed by atoms with van der Waals surface area (Å²) in [7, 11) is 1.65. The van der Waals surface area contributed by atoms with Crippen LogP contribution in [0.3, 0.4) is 0 Å². The topological polar surface area (TPSA) is 13.6 Å². The third kappa shape index (κ3) is 2.55. The highest BCUT2D eigenvalue weighted by Crippen LogP contribution is 2.31. The van der Waals surface area contributed by atoms with Crippen molar-refractivity contribution in [3.05, 3.63) is 40.7 Å². The number of hydrogen-bond acceptors (Lipinski definition) is 1. The molecule has 0 aliphatic carbocycles. The van der Waals surface area contributed by atoms with Gasteiger partial charge in [-0.25, -0.2) is 6.57 Å².